The van der Waals surface area contributed by atoms with Gasteiger partial charge in [0.25, 0.3) is 0 Å². The summed E-state index contributed by atoms with van der Waals surface area (Å²) in [4.78, 5) is 12.0. The first-order valence-corrected chi connectivity index (χ1v) is 8.63. The molecule has 0 spiro atoms. The van der Waals surface area contributed by atoms with E-state index in [-0.39, 0.29) is 17.4 Å². The van der Waals surface area contributed by atoms with Gasteiger partial charge in [0.15, 0.2) is 11.5 Å². The SMILES string of the molecule is COc1cc(/C=C/C(=O)Nc2nnc(CC(C)C)s2)ccc1OC(F)F. The fourth-order valence-electron chi connectivity index (χ4n) is 2.04. The second-order valence-electron chi connectivity index (χ2n) is 5.71. The van der Waals surface area contributed by atoms with Crippen LogP contribution in [0.25, 0.3) is 6.08 Å². The highest BCUT2D eigenvalue weighted by molar-refractivity contribution is 7.15. The molecule has 0 saturated heterocycles. The van der Waals surface area contributed by atoms with Crippen LogP contribution in [0, 0.1) is 5.92 Å². The maximum absolute atomic E-state index is 12.3. The zero-order valence-electron chi connectivity index (χ0n) is 14.5. The number of anilines is 1. The summed E-state index contributed by atoms with van der Waals surface area (Å²) in [5.41, 5.74) is 0.594. The van der Waals surface area contributed by atoms with Gasteiger partial charge in [0.2, 0.25) is 11.0 Å². The molecule has 0 radical (unpaired) electrons. The molecule has 1 aromatic carbocycles. The Bertz CT molecular complexity index is 778. The average molecular weight is 383 g/mol. The molecule has 1 amide bonds. The lowest BCUT2D eigenvalue weighted by atomic mass is 10.1. The third-order valence-electron chi connectivity index (χ3n) is 3.11. The van der Waals surface area contributed by atoms with Gasteiger partial charge in [0.05, 0.1) is 7.11 Å². The number of halogens is 2. The molecule has 0 aliphatic heterocycles. The van der Waals surface area contributed by atoms with Crippen LogP contribution in [0.15, 0.2) is 24.3 Å². The van der Waals surface area contributed by atoms with Gasteiger partial charge in [-0.15, -0.1) is 10.2 Å². The summed E-state index contributed by atoms with van der Waals surface area (Å²) in [5, 5.41) is 11.9. The number of nitrogens with one attached hydrogen (secondary N) is 1. The number of methoxy groups -OCH3 is 1. The van der Waals surface area contributed by atoms with Gasteiger partial charge in [0, 0.05) is 12.5 Å². The van der Waals surface area contributed by atoms with Crippen LogP contribution in [-0.2, 0) is 11.2 Å². The van der Waals surface area contributed by atoms with E-state index in [9.17, 15) is 13.6 Å². The Labute approximate surface area is 153 Å². The lowest BCUT2D eigenvalue weighted by molar-refractivity contribution is -0.111. The molecule has 0 fully saturated rings. The van der Waals surface area contributed by atoms with Crippen LogP contribution in [-0.4, -0.2) is 29.8 Å². The van der Waals surface area contributed by atoms with Crippen molar-refractivity contribution in [3.63, 3.8) is 0 Å². The van der Waals surface area contributed by atoms with Gasteiger partial charge in [-0.2, -0.15) is 8.78 Å². The van der Waals surface area contributed by atoms with E-state index >= 15 is 0 Å². The third-order valence-corrected chi connectivity index (χ3v) is 3.97. The van der Waals surface area contributed by atoms with Crippen molar-refractivity contribution >= 4 is 28.5 Å². The summed E-state index contributed by atoms with van der Waals surface area (Å²) in [5.74, 6) is 0.161. The molecular weight excluding hydrogens is 364 g/mol. The fourth-order valence-corrected chi connectivity index (χ4v) is 2.99. The fraction of sp³-hybridized carbons (Fsp3) is 0.353. The number of hydrogen-bond acceptors (Lipinski definition) is 6. The molecular formula is C17H19F2N3O3S. The van der Waals surface area contributed by atoms with Crippen LogP contribution < -0.4 is 14.8 Å². The van der Waals surface area contributed by atoms with Gasteiger partial charge in [-0.25, -0.2) is 0 Å². The molecule has 0 atom stereocenters. The average Bonchev–Trinajstić information content (AvgIpc) is 2.99. The topological polar surface area (TPSA) is 73.3 Å². The minimum absolute atomic E-state index is 0.0735. The molecule has 140 valence electrons. The van der Waals surface area contributed by atoms with Crippen LogP contribution >= 0.6 is 11.3 Å². The Morgan fingerprint density at radius 3 is 2.73 bits per heavy atom. The summed E-state index contributed by atoms with van der Waals surface area (Å²) < 4.78 is 34.0. The number of carbonyl (C=O) groups excluding carboxylic acids is 1. The lowest BCUT2D eigenvalue weighted by Gasteiger charge is -2.10. The van der Waals surface area contributed by atoms with E-state index < -0.39 is 6.61 Å². The largest absolute Gasteiger partial charge is 0.493 e. The van der Waals surface area contributed by atoms with Crippen LogP contribution in [0.2, 0.25) is 0 Å². The van der Waals surface area contributed by atoms with Crippen LogP contribution in [0.5, 0.6) is 11.5 Å². The number of nitrogens with zero attached hydrogens (tertiary/aromatic N) is 2. The number of rotatable bonds is 8. The normalized spacial score (nSPS) is 11.3. The molecule has 26 heavy (non-hydrogen) atoms. The van der Waals surface area contributed by atoms with Gasteiger partial charge in [-0.05, 0) is 29.7 Å². The zero-order valence-corrected chi connectivity index (χ0v) is 15.3. The van der Waals surface area contributed by atoms with Crippen molar-refractivity contribution in [3.05, 3.63) is 34.8 Å². The van der Waals surface area contributed by atoms with Crippen molar-refractivity contribution in [2.75, 3.05) is 12.4 Å². The summed E-state index contributed by atoms with van der Waals surface area (Å²) in [6.45, 7) is 1.21. The Morgan fingerprint density at radius 2 is 2.08 bits per heavy atom. The summed E-state index contributed by atoms with van der Waals surface area (Å²) >= 11 is 1.33. The molecule has 0 bridgehead atoms. The van der Waals surface area contributed by atoms with E-state index in [1.54, 1.807) is 0 Å². The van der Waals surface area contributed by atoms with E-state index in [2.05, 4.69) is 34.1 Å². The highest BCUT2D eigenvalue weighted by atomic mass is 32.1. The molecule has 6 nitrogen and oxygen atoms in total. The third kappa shape index (κ3) is 6.07. The van der Waals surface area contributed by atoms with Crippen molar-refractivity contribution in [1.82, 2.24) is 10.2 Å². The Hall–Kier alpha value is -2.55. The van der Waals surface area contributed by atoms with Crippen LogP contribution in [0.1, 0.15) is 24.4 Å². The predicted octanol–water partition coefficient (Wildman–Crippen LogP) is 4.00. The highest BCUT2D eigenvalue weighted by Crippen LogP contribution is 2.29. The van der Waals surface area contributed by atoms with Crippen LogP contribution in [0.4, 0.5) is 13.9 Å². The van der Waals surface area contributed by atoms with Gasteiger partial charge in [-0.1, -0.05) is 31.3 Å². The van der Waals surface area contributed by atoms with Crippen molar-refractivity contribution in [3.8, 4) is 11.5 Å². The number of alkyl halides is 2. The maximum Gasteiger partial charge on any atom is 0.387 e. The van der Waals surface area contributed by atoms with Crippen molar-refractivity contribution < 1.29 is 23.0 Å². The Balaban J connectivity index is 2.00. The molecule has 1 aromatic heterocycles. The first-order chi connectivity index (χ1) is 12.4. The van der Waals surface area contributed by atoms with E-state index in [1.807, 2.05) is 0 Å². The number of aromatic nitrogens is 2. The van der Waals surface area contributed by atoms with Crippen LogP contribution in [0.3, 0.4) is 0 Å². The monoisotopic (exact) mass is 383 g/mol. The van der Waals surface area contributed by atoms with Crippen molar-refractivity contribution in [1.29, 1.82) is 0 Å². The minimum Gasteiger partial charge on any atom is -0.493 e. The second-order valence-corrected chi connectivity index (χ2v) is 6.77. The smallest absolute Gasteiger partial charge is 0.387 e. The molecule has 0 aliphatic rings. The first-order valence-electron chi connectivity index (χ1n) is 7.81. The lowest BCUT2D eigenvalue weighted by Crippen LogP contribution is -2.07. The molecule has 2 aromatic rings. The molecule has 0 saturated carbocycles. The van der Waals surface area contributed by atoms with E-state index in [1.165, 1.54) is 48.8 Å². The zero-order chi connectivity index (χ0) is 19.1. The molecule has 1 N–H and O–H groups in total. The number of carbonyl (C=O) groups is 1. The molecule has 9 heteroatoms. The van der Waals surface area contributed by atoms with Crippen molar-refractivity contribution in [2.24, 2.45) is 5.92 Å². The summed E-state index contributed by atoms with van der Waals surface area (Å²) in [7, 11) is 1.35. The van der Waals surface area contributed by atoms with Gasteiger partial charge < -0.3 is 9.47 Å². The van der Waals surface area contributed by atoms with E-state index in [0.29, 0.717) is 16.6 Å². The quantitative estimate of drug-likeness (QED) is 0.698. The predicted molar refractivity (Wildman–Crippen MR) is 95.7 cm³/mol. The second kappa shape index (κ2) is 9.23. The number of hydrogen-bond donors (Lipinski definition) is 1. The maximum atomic E-state index is 12.3. The Morgan fingerprint density at radius 1 is 1.31 bits per heavy atom. The molecule has 2 rings (SSSR count). The van der Waals surface area contributed by atoms with Gasteiger partial charge in [-0.3, -0.25) is 10.1 Å². The number of amides is 1. The number of ether oxygens (including phenoxy) is 2. The number of benzene rings is 1. The van der Waals surface area contributed by atoms with Gasteiger partial charge in [0.1, 0.15) is 5.01 Å². The Kier molecular flexibility index (Phi) is 7.02. The summed E-state index contributed by atoms with van der Waals surface area (Å²) in [6, 6.07) is 4.38. The molecule has 0 aliphatic carbocycles. The molecule has 0 unspecified atom stereocenters. The van der Waals surface area contributed by atoms with E-state index in [4.69, 9.17) is 4.74 Å². The van der Waals surface area contributed by atoms with Gasteiger partial charge >= 0.3 is 6.61 Å². The first kappa shape index (κ1) is 19.8. The minimum atomic E-state index is -2.94. The van der Waals surface area contributed by atoms with E-state index in [0.717, 1.165) is 11.4 Å². The summed E-state index contributed by atoms with van der Waals surface area (Å²) in [6.07, 6.45) is 3.64. The standard InChI is InChI=1S/C17H19F2N3O3S/c1-10(2)8-15-21-22-17(26-15)20-14(23)7-5-11-4-6-12(25-16(18)19)13(9-11)24-3/h4-7,9-10,16H,8H2,1-3H3,(H,20,22,23)/b7-5+. The molecule has 1 heterocycles. The van der Waals surface area contributed by atoms with Crippen molar-refractivity contribution in [2.45, 2.75) is 26.9 Å². The highest BCUT2D eigenvalue weighted by Gasteiger charge is 2.11.